The van der Waals surface area contributed by atoms with Crippen molar-refractivity contribution in [1.82, 2.24) is 14.5 Å². The molecular formula is C13H20N4O2S. The Morgan fingerprint density at radius 1 is 1.25 bits per heavy atom. The minimum Gasteiger partial charge on any atom is -0.314 e. The minimum absolute atomic E-state index is 0.274. The molecule has 1 aromatic rings. The number of nitrogens with zero attached hydrogens (tertiary/aromatic N) is 3. The van der Waals surface area contributed by atoms with E-state index >= 15 is 0 Å². The molecule has 1 aromatic carbocycles. The summed E-state index contributed by atoms with van der Waals surface area (Å²) >= 11 is 0. The Kier molecular flexibility index (Phi) is 4.74. The van der Waals surface area contributed by atoms with E-state index in [2.05, 4.69) is 15.2 Å². The number of para-hydroxylation sites is 1. The van der Waals surface area contributed by atoms with Crippen molar-refractivity contribution in [2.24, 2.45) is 4.99 Å². The second kappa shape index (κ2) is 6.34. The molecule has 0 bridgehead atoms. The highest BCUT2D eigenvalue weighted by Crippen LogP contribution is 2.29. The van der Waals surface area contributed by atoms with Crippen molar-refractivity contribution in [1.29, 1.82) is 0 Å². The average molecular weight is 296 g/mol. The molecule has 110 valence electrons. The van der Waals surface area contributed by atoms with Gasteiger partial charge in [0.25, 0.3) is 10.0 Å². The van der Waals surface area contributed by atoms with Gasteiger partial charge in [-0.3, -0.25) is 4.31 Å². The third-order valence-corrected chi connectivity index (χ3v) is 4.82. The number of rotatable bonds is 6. The molecular weight excluding hydrogens is 276 g/mol. The molecule has 0 saturated carbocycles. The van der Waals surface area contributed by atoms with Crippen LogP contribution in [0.4, 0.5) is 5.69 Å². The average Bonchev–Trinajstić information content (AvgIpc) is 2.40. The Bertz CT molecular complexity index is 584. The monoisotopic (exact) mass is 296 g/mol. The van der Waals surface area contributed by atoms with Gasteiger partial charge in [-0.25, -0.2) is 13.4 Å². The molecule has 1 N–H and O–H groups in total. The number of aliphatic imine (C=N–C) groups is 1. The van der Waals surface area contributed by atoms with Crippen LogP contribution < -0.4 is 5.32 Å². The van der Waals surface area contributed by atoms with Gasteiger partial charge >= 0.3 is 0 Å². The van der Waals surface area contributed by atoms with Gasteiger partial charge in [-0.1, -0.05) is 12.1 Å². The molecule has 1 aliphatic rings. The van der Waals surface area contributed by atoms with Gasteiger partial charge in [0.1, 0.15) is 11.2 Å². The standard InChI is InChI=1S/C13H20N4O2S/c1-16(2)9-7-14-8-10-17-11-15-12-5-3-4-6-13(12)20(17,18)19/h3-6,11,14H,7-10H2,1-2H3. The van der Waals surface area contributed by atoms with Gasteiger partial charge in [-0.2, -0.15) is 0 Å². The maximum atomic E-state index is 12.4. The van der Waals surface area contributed by atoms with Crippen LogP contribution in [0.15, 0.2) is 34.2 Å². The van der Waals surface area contributed by atoms with Crippen LogP contribution in [-0.4, -0.2) is 64.2 Å². The van der Waals surface area contributed by atoms with Gasteiger partial charge in [0.2, 0.25) is 0 Å². The fourth-order valence-corrected chi connectivity index (χ4v) is 3.28. The van der Waals surface area contributed by atoms with E-state index in [-0.39, 0.29) is 4.90 Å². The highest BCUT2D eigenvalue weighted by Gasteiger charge is 2.27. The molecule has 0 fully saturated rings. The van der Waals surface area contributed by atoms with Crippen LogP contribution >= 0.6 is 0 Å². The lowest BCUT2D eigenvalue weighted by molar-refractivity contribution is 0.397. The molecule has 0 radical (unpaired) electrons. The summed E-state index contributed by atoms with van der Waals surface area (Å²) in [5, 5.41) is 3.22. The zero-order valence-corrected chi connectivity index (χ0v) is 12.6. The third kappa shape index (κ3) is 3.36. The number of nitrogens with one attached hydrogen (secondary N) is 1. The number of likely N-dealkylation sites (N-methyl/N-ethyl adjacent to an activating group) is 1. The molecule has 0 aromatic heterocycles. The van der Waals surface area contributed by atoms with Gasteiger partial charge in [0, 0.05) is 26.2 Å². The fraction of sp³-hybridized carbons (Fsp3) is 0.462. The maximum absolute atomic E-state index is 12.4. The summed E-state index contributed by atoms with van der Waals surface area (Å²) in [6, 6.07) is 6.79. The van der Waals surface area contributed by atoms with Crippen molar-refractivity contribution in [3.63, 3.8) is 0 Å². The summed E-state index contributed by atoms with van der Waals surface area (Å²) in [7, 11) is 0.548. The van der Waals surface area contributed by atoms with Crippen molar-refractivity contribution in [3.05, 3.63) is 24.3 Å². The minimum atomic E-state index is -3.45. The molecule has 0 aliphatic carbocycles. The summed E-state index contributed by atoms with van der Waals surface area (Å²) in [4.78, 5) is 6.53. The fourth-order valence-electron chi connectivity index (χ4n) is 1.89. The Balaban J connectivity index is 1.95. The van der Waals surface area contributed by atoms with Crippen LogP contribution in [-0.2, 0) is 10.0 Å². The van der Waals surface area contributed by atoms with E-state index in [9.17, 15) is 8.42 Å². The second-order valence-electron chi connectivity index (χ2n) is 4.88. The van der Waals surface area contributed by atoms with Gasteiger partial charge in [0.15, 0.2) is 0 Å². The van der Waals surface area contributed by atoms with Crippen molar-refractivity contribution in [3.8, 4) is 0 Å². The largest absolute Gasteiger partial charge is 0.314 e. The summed E-state index contributed by atoms with van der Waals surface area (Å²) < 4.78 is 26.0. The van der Waals surface area contributed by atoms with Gasteiger partial charge in [0.05, 0.1) is 5.69 Å². The lowest BCUT2D eigenvalue weighted by Crippen LogP contribution is -2.38. The predicted octanol–water partition coefficient (Wildman–Crippen LogP) is 0.502. The molecule has 0 amide bonds. The third-order valence-electron chi connectivity index (χ3n) is 3.02. The highest BCUT2D eigenvalue weighted by atomic mass is 32.2. The summed E-state index contributed by atoms with van der Waals surface area (Å²) in [5.74, 6) is 0. The molecule has 20 heavy (non-hydrogen) atoms. The van der Waals surface area contributed by atoms with Crippen molar-refractivity contribution >= 4 is 22.0 Å². The van der Waals surface area contributed by atoms with Crippen LogP contribution in [0.5, 0.6) is 0 Å². The van der Waals surface area contributed by atoms with Gasteiger partial charge in [-0.05, 0) is 26.2 Å². The normalized spacial score (nSPS) is 16.4. The summed E-state index contributed by atoms with van der Waals surface area (Å²) in [5.41, 5.74) is 0.504. The Morgan fingerprint density at radius 3 is 2.75 bits per heavy atom. The van der Waals surface area contributed by atoms with E-state index in [1.54, 1.807) is 24.3 Å². The molecule has 0 atom stereocenters. The molecule has 7 heteroatoms. The quantitative estimate of drug-likeness (QED) is 0.777. The maximum Gasteiger partial charge on any atom is 0.267 e. The van der Waals surface area contributed by atoms with E-state index in [0.29, 0.717) is 18.8 Å². The first kappa shape index (κ1) is 15.0. The second-order valence-corrected chi connectivity index (χ2v) is 6.74. The molecule has 1 aliphatic heterocycles. The number of sulfonamides is 1. The van der Waals surface area contributed by atoms with Crippen molar-refractivity contribution in [2.45, 2.75) is 4.90 Å². The first-order valence-corrected chi connectivity index (χ1v) is 7.96. The van der Waals surface area contributed by atoms with Crippen molar-refractivity contribution < 1.29 is 8.42 Å². The van der Waals surface area contributed by atoms with E-state index in [0.717, 1.165) is 13.1 Å². The van der Waals surface area contributed by atoms with E-state index in [4.69, 9.17) is 0 Å². The first-order chi connectivity index (χ1) is 9.51. The highest BCUT2D eigenvalue weighted by molar-refractivity contribution is 7.89. The zero-order valence-electron chi connectivity index (χ0n) is 11.8. The Labute approximate surface area is 120 Å². The number of benzene rings is 1. The van der Waals surface area contributed by atoms with Crippen LogP contribution in [0.3, 0.4) is 0 Å². The van der Waals surface area contributed by atoms with Crippen LogP contribution in [0, 0.1) is 0 Å². The van der Waals surface area contributed by atoms with Gasteiger partial charge < -0.3 is 10.2 Å². The molecule has 0 spiro atoms. The zero-order chi connectivity index (χ0) is 14.6. The Hall–Kier alpha value is -1.44. The van der Waals surface area contributed by atoms with Crippen LogP contribution in [0.1, 0.15) is 0 Å². The first-order valence-electron chi connectivity index (χ1n) is 6.52. The molecule has 1 heterocycles. The summed E-state index contributed by atoms with van der Waals surface area (Å²) in [6.45, 7) is 2.73. The van der Waals surface area contributed by atoms with Crippen LogP contribution in [0.25, 0.3) is 0 Å². The number of hydrogen-bond donors (Lipinski definition) is 1. The molecule has 0 unspecified atom stereocenters. The molecule has 2 rings (SSSR count). The Morgan fingerprint density at radius 2 is 2.00 bits per heavy atom. The van der Waals surface area contributed by atoms with E-state index in [1.165, 1.54) is 10.6 Å². The SMILES string of the molecule is CN(C)CCNCCN1C=Nc2ccccc2S1(=O)=O. The summed E-state index contributed by atoms with van der Waals surface area (Å²) in [6.07, 6.45) is 1.39. The number of fused-ring (bicyclic) bond motifs is 1. The predicted molar refractivity (Wildman–Crippen MR) is 79.9 cm³/mol. The molecule has 0 saturated heterocycles. The van der Waals surface area contributed by atoms with E-state index in [1.807, 2.05) is 14.1 Å². The lowest BCUT2D eigenvalue weighted by Gasteiger charge is -2.24. The van der Waals surface area contributed by atoms with Gasteiger partial charge in [-0.15, -0.1) is 0 Å². The van der Waals surface area contributed by atoms with Crippen LogP contribution in [0.2, 0.25) is 0 Å². The topological polar surface area (TPSA) is 65.0 Å². The number of hydrogen-bond acceptors (Lipinski definition) is 5. The van der Waals surface area contributed by atoms with E-state index < -0.39 is 10.0 Å². The molecule has 6 nitrogen and oxygen atoms in total. The lowest BCUT2D eigenvalue weighted by atomic mass is 10.3. The smallest absolute Gasteiger partial charge is 0.267 e. The van der Waals surface area contributed by atoms with Crippen molar-refractivity contribution in [2.75, 3.05) is 40.3 Å².